The number of allylic oxidation sites excluding steroid dienone is 1. The number of hydrogen-bond acceptors (Lipinski definition) is 0. The summed E-state index contributed by atoms with van der Waals surface area (Å²) < 4.78 is 5.29. The van der Waals surface area contributed by atoms with Crippen LogP contribution in [0.2, 0.25) is 0 Å². The van der Waals surface area contributed by atoms with E-state index in [2.05, 4.69) is 102 Å². The number of nitrogens with zero attached hydrogens (tertiary/aromatic N) is 2. The van der Waals surface area contributed by atoms with E-state index in [1.165, 1.54) is 125 Å². The van der Waals surface area contributed by atoms with Gasteiger partial charge in [0.1, 0.15) is 0 Å². The van der Waals surface area contributed by atoms with Gasteiger partial charge in [-0.2, -0.15) is 0 Å². The van der Waals surface area contributed by atoms with E-state index in [-0.39, 0.29) is 0 Å². The van der Waals surface area contributed by atoms with Gasteiger partial charge in [0.05, 0.1) is 0 Å². The minimum absolute atomic E-state index is 0.576. The van der Waals surface area contributed by atoms with Crippen molar-refractivity contribution < 1.29 is 0 Å². The van der Waals surface area contributed by atoms with E-state index in [1.807, 2.05) is 0 Å². The highest BCUT2D eigenvalue weighted by atomic mass is 15.0. The van der Waals surface area contributed by atoms with Crippen molar-refractivity contribution in [2.45, 2.75) is 90.1 Å². The fraction of sp³-hybridized carbons (Fsp3) is 0.368. The van der Waals surface area contributed by atoms with Crippen LogP contribution in [0.15, 0.2) is 67.3 Å². The van der Waals surface area contributed by atoms with Gasteiger partial charge in [-0.3, -0.25) is 0 Å². The lowest BCUT2D eigenvalue weighted by atomic mass is 9.95. The number of rotatable bonds is 5. The molecule has 0 atom stereocenters. The molecule has 2 fully saturated rings. The minimum Gasteiger partial charge on any atom is -0.337 e. The summed E-state index contributed by atoms with van der Waals surface area (Å²) in [6, 6.07) is 22.6. The first-order chi connectivity index (χ1) is 19.7. The monoisotopic (exact) mass is 526 g/mol. The van der Waals surface area contributed by atoms with Crippen molar-refractivity contribution in [1.29, 1.82) is 0 Å². The van der Waals surface area contributed by atoms with Gasteiger partial charge in [-0.1, -0.05) is 81.0 Å². The second-order valence-electron chi connectivity index (χ2n) is 12.3. The molecule has 5 aromatic rings. The Morgan fingerprint density at radius 1 is 0.650 bits per heavy atom. The predicted molar refractivity (Wildman–Crippen MR) is 174 cm³/mol. The molecule has 2 nitrogen and oxygen atoms in total. The second-order valence-corrected chi connectivity index (χ2v) is 12.3. The maximum Gasteiger partial charge on any atom is 0.0494 e. The summed E-state index contributed by atoms with van der Waals surface area (Å²) in [7, 11) is 0. The summed E-state index contributed by atoms with van der Waals surface area (Å²) in [6.07, 6.45) is 19.8. The summed E-state index contributed by atoms with van der Waals surface area (Å²) in [5.41, 5.74) is 10.6. The first-order valence-electron chi connectivity index (χ1n) is 15.7. The molecule has 0 saturated heterocycles. The van der Waals surface area contributed by atoms with Crippen LogP contribution < -0.4 is 0 Å². The van der Waals surface area contributed by atoms with Crippen molar-refractivity contribution >= 4 is 44.9 Å². The van der Waals surface area contributed by atoms with Gasteiger partial charge in [-0.05, 0) is 93.1 Å². The number of aromatic nitrogens is 2. The molecule has 2 aliphatic rings. The molecule has 0 N–H and O–H groups in total. The number of benzene rings is 3. The molecule has 0 bridgehead atoms. The Morgan fingerprint density at radius 2 is 1.18 bits per heavy atom. The average molecular weight is 527 g/mol. The standard InChI is InChI=1S/C38H42N2/c1-4-12-35-31(5-2)33-24-27(18-21-37(33)39(35)29-13-8-6-9-14-29)28-19-22-38-34(25-28)32-23-26(3)17-20-36(32)40(38)30-15-10-7-11-16-30/h4-5,12,17-25,29-30H,2,6-11,13-16H2,1,3H3/b12-4-. The van der Waals surface area contributed by atoms with Crippen LogP contribution >= 0.6 is 0 Å². The maximum atomic E-state index is 4.27. The lowest BCUT2D eigenvalue weighted by Gasteiger charge is -2.26. The smallest absolute Gasteiger partial charge is 0.0494 e. The SMILES string of the molecule is C=Cc1c(/C=C\C)n(C2CCCCC2)c2ccc(-c3ccc4c(c3)c3cc(C)ccc3n4C3CCCCC3)cc12. The highest BCUT2D eigenvalue weighted by molar-refractivity contribution is 6.10. The first kappa shape index (κ1) is 25.4. The van der Waals surface area contributed by atoms with Crippen LogP contribution in [0.1, 0.15) is 100 Å². The third-order valence-corrected chi connectivity index (χ3v) is 9.78. The molecular weight excluding hydrogens is 484 g/mol. The molecule has 0 radical (unpaired) electrons. The van der Waals surface area contributed by atoms with E-state index in [1.54, 1.807) is 0 Å². The Morgan fingerprint density at radius 3 is 1.77 bits per heavy atom. The lowest BCUT2D eigenvalue weighted by molar-refractivity contribution is 0.359. The molecule has 2 aromatic heterocycles. The fourth-order valence-corrected chi connectivity index (χ4v) is 7.89. The molecule has 204 valence electrons. The third-order valence-electron chi connectivity index (χ3n) is 9.78. The van der Waals surface area contributed by atoms with Gasteiger partial charge in [0.15, 0.2) is 0 Å². The zero-order valence-corrected chi connectivity index (χ0v) is 24.3. The average Bonchev–Trinajstić information content (AvgIpc) is 3.49. The van der Waals surface area contributed by atoms with Crippen LogP contribution in [-0.2, 0) is 0 Å². The van der Waals surface area contributed by atoms with Gasteiger partial charge in [0.2, 0.25) is 0 Å². The number of fused-ring (bicyclic) bond motifs is 4. The van der Waals surface area contributed by atoms with Crippen LogP contribution in [0.5, 0.6) is 0 Å². The largest absolute Gasteiger partial charge is 0.337 e. The van der Waals surface area contributed by atoms with Gasteiger partial charge in [0.25, 0.3) is 0 Å². The Hall–Kier alpha value is -3.52. The van der Waals surface area contributed by atoms with Gasteiger partial charge >= 0.3 is 0 Å². The molecule has 0 amide bonds. The van der Waals surface area contributed by atoms with E-state index >= 15 is 0 Å². The summed E-state index contributed by atoms with van der Waals surface area (Å²) >= 11 is 0. The Balaban J connectivity index is 1.40. The van der Waals surface area contributed by atoms with E-state index < -0.39 is 0 Å². The van der Waals surface area contributed by atoms with Crippen LogP contribution in [0.25, 0.3) is 56.0 Å². The Kier molecular flexibility index (Phi) is 6.66. The van der Waals surface area contributed by atoms with Gasteiger partial charge < -0.3 is 9.13 Å². The summed E-state index contributed by atoms with van der Waals surface area (Å²) in [5, 5.41) is 4.11. The van der Waals surface area contributed by atoms with Crippen molar-refractivity contribution in [2.24, 2.45) is 0 Å². The quantitative estimate of drug-likeness (QED) is 0.215. The van der Waals surface area contributed by atoms with Gasteiger partial charge in [0, 0.05) is 56.0 Å². The highest BCUT2D eigenvalue weighted by Crippen LogP contribution is 2.42. The lowest BCUT2D eigenvalue weighted by Crippen LogP contribution is -2.14. The Bertz CT molecular complexity index is 1750. The van der Waals surface area contributed by atoms with Crippen LogP contribution in [0.3, 0.4) is 0 Å². The second kappa shape index (κ2) is 10.5. The molecule has 2 aliphatic carbocycles. The number of hydrogen-bond donors (Lipinski definition) is 0. The van der Waals surface area contributed by atoms with Crippen molar-refractivity contribution in [3.05, 3.63) is 84.1 Å². The topological polar surface area (TPSA) is 9.86 Å². The van der Waals surface area contributed by atoms with Crippen molar-refractivity contribution in [2.75, 3.05) is 0 Å². The predicted octanol–water partition coefficient (Wildman–Crippen LogP) is 11.4. The van der Waals surface area contributed by atoms with E-state index in [0.29, 0.717) is 12.1 Å². The van der Waals surface area contributed by atoms with Crippen molar-refractivity contribution in [1.82, 2.24) is 9.13 Å². The zero-order chi connectivity index (χ0) is 27.2. The highest BCUT2D eigenvalue weighted by Gasteiger charge is 2.24. The third kappa shape index (κ3) is 4.15. The molecule has 2 heteroatoms. The van der Waals surface area contributed by atoms with E-state index in [4.69, 9.17) is 0 Å². The van der Waals surface area contributed by atoms with Gasteiger partial charge in [-0.25, -0.2) is 0 Å². The minimum atomic E-state index is 0.576. The number of aryl methyl sites for hydroxylation is 1. The molecule has 40 heavy (non-hydrogen) atoms. The summed E-state index contributed by atoms with van der Waals surface area (Å²) in [4.78, 5) is 0. The normalized spacial score (nSPS) is 17.6. The van der Waals surface area contributed by atoms with Crippen molar-refractivity contribution in [3.8, 4) is 11.1 Å². The molecule has 3 aromatic carbocycles. The maximum absolute atomic E-state index is 4.27. The molecule has 7 rings (SSSR count). The molecular formula is C38H42N2. The molecule has 2 heterocycles. The molecule has 0 aliphatic heterocycles. The van der Waals surface area contributed by atoms with Crippen molar-refractivity contribution in [3.63, 3.8) is 0 Å². The molecule has 0 spiro atoms. The van der Waals surface area contributed by atoms with Gasteiger partial charge in [-0.15, -0.1) is 0 Å². The molecule has 2 saturated carbocycles. The summed E-state index contributed by atoms with van der Waals surface area (Å²) in [5.74, 6) is 0. The molecule has 0 unspecified atom stereocenters. The van der Waals surface area contributed by atoms with Crippen LogP contribution in [0.4, 0.5) is 0 Å². The van der Waals surface area contributed by atoms with E-state index in [9.17, 15) is 0 Å². The zero-order valence-electron chi connectivity index (χ0n) is 24.3. The van der Waals surface area contributed by atoms with Crippen LogP contribution in [-0.4, -0.2) is 9.13 Å². The van der Waals surface area contributed by atoms with E-state index in [0.717, 1.165) is 0 Å². The first-order valence-corrected chi connectivity index (χ1v) is 15.7. The Labute approximate surface area is 239 Å². The fourth-order valence-electron chi connectivity index (χ4n) is 7.89. The summed E-state index contributed by atoms with van der Waals surface area (Å²) in [6.45, 7) is 8.61. The van der Waals surface area contributed by atoms with Crippen LogP contribution in [0, 0.1) is 6.92 Å².